The van der Waals surface area contributed by atoms with Crippen molar-refractivity contribution in [3.63, 3.8) is 0 Å². The summed E-state index contributed by atoms with van der Waals surface area (Å²) in [6, 6.07) is 0. The molecule has 0 aromatic heterocycles. The third-order valence-corrected chi connectivity index (χ3v) is 0. The Morgan fingerprint density at radius 3 is 1.00 bits per heavy atom. The Balaban J connectivity index is -0.0000000800. The molecule has 0 nitrogen and oxygen atoms in total. The second-order valence-corrected chi connectivity index (χ2v) is 15.3. The molecule has 0 bridgehead atoms. The minimum atomic E-state index is 0. The molecule has 0 aromatic carbocycles. The van der Waals surface area contributed by atoms with E-state index in [0.29, 0.717) is 9.47 Å². The summed E-state index contributed by atoms with van der Waals surface area (Å²) in [6.45, 7) is 9.00. The first-order valence-corrected chi connectivity index (χ1v) is 11.7. The van der Waals surface area contributed by atoms with Gasteiger partial charge in [0.15, 0.2) is 0 Å². The maximum atomic E-state index is 2.37. The van der Waals surface area contributed by atoms with E-state index in [1.807, 2.05) is 0 Å². The molecule has 0 N–H and O–H groups in total. The van der Waals surface area contributed by atoms with E-state index in [0.717, 1.165) is 0 Å². The zero-order valence-electron chi connectivity index (χ0n) is 5.78. The third kappa shape index (κ3) is 149. The first kappa shape index (κ1) is 17.3. The fourth-order valence-corrected chi connectivity index (χ4v) is 0. The van der Waals surface area contributed by atoms with Crippen LogP contribution >= 0.6 is 40.0 Å². The van der Waals surface area contributed by atoms with Crippen LogP contribution in [0.4, 0.5) is 0 Å². The van der Waals surface area contributed by atoms with Crippen molar-refractivity contribution in [2.24, 2.45) is 0 Å². The summed E-state index contributed by atoms with van der Waals surface area (Å²) in [7, 11) is 0.628. The molecular weight excluding hydrogens is 376 g/mol. The van der Waals surface area contributed by atoms with E-state index >= 15 is 0 Å². The summed E-state index contributed by atoms with van der Waals surface area (Å²) in [5.41, 5.74) is 0. The van der Waals surface area contributed by atoms with Crippen LogP contribution in [0, 0.1) is 0 Å². The topological polar surface area (TPSA) is 0 Å². The molecule has 0 amide bonds. The van der Waals surface area contributed by atoms with Crippen molar-refractivity contribution < 1.29 is 9.47 Å². The van der Waals surface area contributed by atoms with Gasteiger partial charge >= 0.3 is 49.4 Å². The molecule has 9 heavy (non-hydrogen) atoms. The van der Waals surface area contributed by atoms with Gasteiger partial charge in [-0.05, 0) is 6.15 Å². The minimum absolute atomic E-state index is 0. The van der Waals surface area contributed by atoms with Gasteiger partial charge in [-0.3, -0.25) is 0 Å². The van der Waals surface area contributed by atoms with E-state index in [4.69, 9.17) is 0 Å². The first-order chi connectivity index (χ1) is 3.41. The number of hydrogen-bond acceptors (Lipinski definition) is 0. The fourth-order valence-electron chi connectivity index (χ4n) is 0. The van der Waals surface area contributed by atoms with E-state index < -0.39 is 0 Å². The molecular formula is C5H16BI2V-. The molecule has 59 valence electrons. The average molecular weight is 392 g/mol. The van der Waals surface area contributed by atoms with Crippen molar-refractivity contribution in [2.75, 3.05) is 0 Å². The Bertz CT molecular complexity index is 38.7. The van der Waals surface area contributed by atoms with Crippen molar-refractivity contribution in [1.29, 1.82) is 0 Å². The molecule has 0 unspecified atom stereocenters. The van der Waals surface area contributed by atoms with Gasteiger partial charge in [0.25, 0.3) is 0 Å². The number of hydrogen-bond donors (Lipinski definition) is 0. The molecule has 0 aromatic rings. The molecule has 0 heterocycles. The van der Waals surface area contributed by atoms with Crippen molar-refractivity contribution >= 4 is 46.1 Å². The first-order valence-electron chi connectivity index (χ1n) is 2.65. The van der Waals surface area contributed by atoms with Crippen LogP contribution in [0.1, 0.15) is 7.43 Å². The normalized spacial score (nSPS) is 8.22. The third-order valence-electron chi connectivity index (χ3n) is 0. The van der Waals surface area contributed by atoms with Gasteiger partial charge in [0.05, 0.1) is 0 Å². The van der Waals surface area contributed by atoms with Crippen molar-refractivity contribution in [2.45, 2.75) is 34.7 Å². The summed E-state index contributed by atoms with van der Waals surface area (Å²) >= 11 is 4.74. The molecule has 0 aliphatic carbocycles. The van der Waals surface area contributed by atoms with Crippen LogP contribution < -0.4 is 0 Å². The van der Waals surface area contributed by atoms with Gasteiger partial charge in [0.1, 0.15) is 0 Å². The molecule has 0 fully saturated rings. The molecule has 0 aliphatic rings. The molecule has 0 rings (SSSR count). The second kappa shape index (κ2) is 10.1. The predicted molar refractivity (Wildman–Crippen MR) is 64.0 cm³/mol. The van der Waals surface area contributed by atoms with E-state index in [-0.39, 0.29) is 13.6 Å². The summed E-state index contributed by atoms with van der Waals surface area (Å²) in [5.74, 6) is 0. The average Bonchev–Trinajstić information content (AvgIpc) is 1.27. The van der Waals surface area contributed by atoms with Gasteiger partial charge < -0.3 is 0 Å². The Morgan fingerprint density at radius 1 is 1.00 bits per heavy atom. The Kier molecular flexibility index (Phi) is 19.4. The predicted octanol–water partition coefficient (Wildman–Crippen LogP) is 4.36. The van der Waals surface area contributed by atoms with E-state index in [1.165, 1.54) is 0 Å². The number of rotatable bonds is 0. The van der Waals surface area contributed by atoms with Crippen LogP contribution in [0.5, 0.6) is 0 Å². The van der Waals surface area contributed by atoms with Crippen LogP contribution in [0.25, 0.3) is 0 Å². The Hall–Kier alpha value is 2.11. The zero-order chi connectivity index (χ0) is 7.21. The quantitative estimate of drug-likeness (QED) is 0.425. The van der Waals surface area contributed by atoms with Crippen LogP contribution in [0.15, 0.2) is 0 Å². The molecule has 0 aliphatic heterocycles. The maximum absolute atomic E-state index is 2.37. The zero-order valence-corrected chi connectivity index (χ0v) is 11.5. The molecule has 0 saturated heterocycles. The van der Waals surface area contributed by atoms with Crippen LogP contribution in [0.2, 0.25) is 27.3 Å². The summed E-state index contributed by atoms with van der Waals surface area (Å²) < 4.78 is 0. The van der Waals surface area contributed by atoms with Crippen molar-refractivity contribution in [3.8, 4) is 0 Å². The van der Waals surface area contributed by atoms with Gasteiger partial charge in [0.2, 0.25) is 0 Å². The molecule has 0 spiro atoms. The van der Waals surface area contributed by atoms with Gasteiger partial charge in [-0.15, -0.1) is 0 Å². The fraction of sp³-hybridized carbons (Fsp3) is 1.00. The Morgan fingerprint density at radius 2 is 1.00 bits per heavy atom. The monoisotopic (exact) mass is 392 g/mol. The molecule has 0 atom stereocenters. The molecule has 4 heteroatoms. The number of halogens is 2. The second-order valence-electron chi connectivity index (χ2n) is 3.53. The molecule has 0 radical (unpaired) electrons. The van der Waals surface area contributed by atoms with Gasteiger partial charge in [0, 0.05) is 0 Å². The standard InChI is InChI=1S/C4H12B.CH4.2HI.V/c1-5(2,3)4;;;;/h1-4H3;1H4;2*1H;/q-1;;;;+2/p-2. The van der Waals surface area contributed by atoms with Crippen LogP contribution in [0.3, 0.4) is 0 Å². The van der Waals surface area contributed by atoms with E-state index in [2.05, 4.69) is 67.3 Å². The van der Waals surface area contributed by atoms with Crippen molar-refractivity contribution in [3.05, 3.63) is 0 Å². The van der Waals surface area contributed by atoms with Crippen LogP contribution in [-0.4, -0.2) is 6.15 Å². The van der Waals surface area contributed by atoms with Crippen LogP contribution in [-0.2, 0) is 9.47 Å². The van der Waals surface area contributed by atoms with E-state index in [1.54, 1.807) is 0 Å². The van der Waals surface area contributed by atoms with Crippen molar-refractivity contribution in [1.82, 2.24) is 0 Å². The van der Waals surface area contributed by atoms with E-state index in [9.17, 15) is 0 Å². The summed E-state index contributed by atoms with van der Waals surface area (Å²) in [6.07, 6.45) is 0. The van der Waals surface area contributed by atoms with Gasteiger partial charge in [-0.2, -0.15) is 27.3 Å². The SMILES string of the molecule is C.C[B-](C)(C)C.[I][V][I]. The molecule has 0 saturated carbocycles. The summed E-state index contributed by atoms with van der Waals surface area (Å²) in [4.78, 5) is 0. The summed E-state index contributed by atoms with van der Waals surface area (Å²) in [5, 5.41) is 0. The Labute approximate surface area is 89.1 Å². The van der Waals surface area contributed by atoms with Gasteiger partial charge in [-0.1, -0.05) is 7.43 Å². The van der Waals surface area contributed by atoms with Gasteiger partial charge in [-0.25, -0.2) is 0 Å².